The van der Waals surface area contributed by atoms with Crippen molar-refractivity contribution in [1.82, 2.24) is 24.7 Å². The normalized spacial score (nSPS) is 25.1. The summed E-state index contributed by atoms with van der Waals surface area (Å²) in [6.45, 7) is 3.96. The number of fused-ring (bicyclic) bond motifs is 1. The summed E-state index contributed by atoms with van der Waals surface area (Å²) in [7, 11) is 1.74. The fourth-order valence-corrected chi connectivity index (χ4v) is 4.54. The Morgan fingerprint density at radius 1 is 1.21 bits per heavy atom. The number of carbonyl (C=O) groups is 3. The lowest BCUT2D eigenvalue weighted by Gasteiger charge is -2.35. The van der Waals surface area contributed by atoms with Crippen molar-refractivity contribution >= 4 is 17.7 Å². The minimum absolute atomic E-state index is 0.0336. The van der Waals surface area contributed by atoms with E-state index in [1.54, 1.807) is 18.9 Å². The van der Waals surface area contributed by atoms with E-state index in [2.05, 4.69) is 4.98 Å². The van der Waals surface area contributed by atoms with Crippen LogP contribution in [0.4, 0.5) is 0 Å². The maximum absolute atomic E-state index is 12.8. The second-order valence-electron chi connectivity index (χ2n) is 8.11. The quantitative estimate of drug-likeness (QED) is 0.755. The second-order valence-corrected chi connectivity index (χ2v) is 8.11. The van der Waals surface area contributed by atoms with Crippen LogP contribution in [0.3, 0.4) is 0 Å². The van der Waals surface area contributed by atoms with E-state index in [1.165, 1.54) is 0 Å². The molecule has 1 aromatic heterocycles. The summed E-state index contributed by atoms with van der Waals surface area (Å²) in [6, 6.07) is -0.0451. The van der Waals surface area contributed by atoms with Gasteiger partial charge in [0.2, 0.25) is 17.7 Å². The molecule has 150 valence electrons. The monoisotopic (exact) mass is 385 g/mol. The molecule has 2 atom stereocenters. The van der Waals surface area contributed by atoms with E-state index in [-0.39, 0.29) is 29.7 Å². The van der Waals surface area contributed by atoms with E-state index in [1.807, 2.05) is 16.0 Å². The Morgan fingerprint density at radius 3 is 2.75 bits per heavy atom. The van der Waals surface area contributed by atoms with Gasteiger partial charge in [0, 0.05) is 64.8 Å². The van der Waals surface area contributed by atoms with Crippen LogP contribution < -0.4 is 0 Å². The predicted molar refractivity (Wildman–Crippen MR) is 101 cm³/mol. The summed E-state index contributed by atoms with van der Waals surface area (Å²) in [5, 5.41) is 0. The van der Waals surface area contributed by atoms with E-state index < -0.39 is 0 Å². The number of likely N-dealkylation sites (tertiary alicyclic amines) is 2. The maximum atomic E-state index is 12.8. The van der Waals surface area contributed by atoms with E-state index in [0.29, 0.717) is 32.5 Å². The Kier molecular flexibility index (Phi) is 5.03. The first kappa shape index (κ1) is 18.8. The van der Waals surface area contributed by atoms with Crippen LogP contribution in [0.2, 0.25) is 0 Å². The van der Waals surface area contributed by atoms with Gasteiger partial charge >= 0.3 is 0 Å². The predicted octanol–water partition coefficient (Wildman–Crippen LogP) is 0.913. The van der Waals surface area contributed by atoms with Crippen molar-refractivity contribution in [1.29, 1.82) is 0 Å². The second kappa shape index (κ2) is 7.48. The molecule has 2 saturated heterocycles. The molecule has 0 spiro atoms. The van der Waals surface area contributed by atoms with Gasteiger partial charge in [-0.3, -0.25) is 14.4 Å². The van der Waals surface area contributed by atoms with Gasteiger partial charge in [-0.05, 0) is 19.3 Å². The lowest BCUT2D eigenvalue weighted by Crippen LogP contribution is -2.41. The van der Waals surface area contributed by atoms with E-state index in [9.17, 15) is 14.4 Å². The number of piperidine rings is 1. The summed E-state index contributed by atoms with van der Waals surface area (Å²) < 4.78 is 0. The summed E-state index contributed by atoms with van der Waals surface area (Å²) in [5.74, 6) is 0.620. The number of rotatable bonds is 2. The lowest BCUT2D eigenvalue weighted by atomic mass is 10.00. The van der Waals surface area contributed by atoms with Crippen LogP contribution in [0.15, 0.2) is 6.20 Å². The first-order chi connectivity index (χ1) is 13.4. The van der Waals surface area contributed by atoms with Crippen LogP contribution in [0, 0.1) is 5.92 Å². The first-order valence-electron chi connectivity index (χ1n) is 10.1. The van der Waals surface area contributed by atoms with Gasteiger partial charge in [-0.15, -0.1) is 0 Å². The number of hydrogen-bond acceptors (Lipinski definition) is 5. The third kappa shape index (κ3) is 3.47. The number of carbonyl (C=O) groups excluding carboxylic acids is 3. The molecule has 8 heteroatoms. The molecule has 0 radical (unpaired) electrons. The Hall–Kier alpha value is -2.51. The van der Waals surface area contributed by atoms with Gasteiger partial charge in [-0.25, -0.2) is 9.97 Å². The number of aromatic nitrogens is 2. The summed E-state index contributed by atoms with van der Waals surface area (Å²) in [4.78, 5) is 51.2. The Morgan fingerprint density at radius 2 is 2.04 bits per heavy atom. The maximum Gasteiger partial charge on any atom is 0.228 e. The van der Waals surface area contributed by atoms with Gasteiger partial charge in [0.25, 0.3) is 0 Å². The molecule has 3 aliphatic heterocycles. The highest BCUT2D eigenvalue weighted by Gasteiger charge is 2.36. The average Bonchev–Trinajstić information content (AvgIpc) is 3.05. The fraction of sp³-hybridized carbons (Fsp3) is 0.650. The van der Waals surface area contributed by atoms with Gasteiger partial charge < -0.3 is 14.7 Å². The zero-order chi connectivity index (χ0) is 19.8. The third-order valence-corrected chi connectivity index (χ3v) is 6.16. The van der Waals surface area contributed by atoms with Crippen LogP contribution >= 0.6 is 0 Å². The van der Waals surface area contributed by atoms with Gasteiger partial charge in [0.1, 0.15) is 0 Å². The molecule has 4 rings (SSSR count). The minimum Gasteiger partial charge on any atom is -0.345 e. The number of hydrogen-bond donors (Lipinski definition) is 0. The zero-order valence-electron chi connectivity index (χ0n) is 16.6. The van der Waals surface area contributed by atoms with Crippen LogP contribution in [-0.4, -0.2) is 69.1 Å². The third-order valence-electron chi connectivity index (χ3n) is 6.16. The molecular weight excluding hydrogens is 358 g/mol. The van der Waals surface area contributed by atoms with E-state index in [4.69, 9.17) is 4.98 Å². The summed E-state index contributed by atoms with van der Waals surface area (Å²) in [5.41, 5.74) is 1.94. The average molecular weight is 385 g/mol. The van der Waals surface area contributed by atoms with Gasteiger partial charge in [0.05, 0.1) is 17.7 Å². The molecule has 8 nitrogen and oxygen atoms in total. The molecule has 4 heterocycles. The standard InChI is InChI=1S/C20H27N5O3/c1-13(26)25-7-4-3-5-17(25)19-21-10-15-12-24(8-6-16(15)22-19)20(28)14-9-18(27)23(2)11-14/h10,14,17H,3-9,11-12H2,1-2H3/t14-,17+/m1/s1. The Labute approximate surface area is 164 Å². The van der Waals surface area contributed by atoms with Gasteiger partial charge in [-0.1, -0.05) is 0 Å². The fourth-order valence-electron chi connectivity index (χ4n) is 4.54. The molecule has 1 aromatic rings. The smallest absolute Gasteiger partial charge is 0.228 e. The van der Waals surface area contributed by atoms with Crippen LogP contribution in [0.25, 0.3) is 0 Å². The van der Waals surface area contributed by atoms with Gasteiger partial charge in [0.15, 0.2) is 5.82 Å². The number of nitrogens with zero attached hydrogens (tertiary/aromatic N) is 5. The Balaban J connectivity index is 1.48. The molecule has 0 saturated carbocycles. The molecule has 0 unspecified atom stereocenters. The van der Waals surface area contributed by atoms with Crippen molar-refractivity contribution in [3.63, 3.8) is 0 Å². The van der Waals surface area contributed by atoms with Crippen LogP contribution in [0.5, 0.6) is 0 Å². The van der Waals surface area contributed by atoms with Crippen molar-refractivity contribution < 1.29 is 14.4 Å². The van der Waals surface area contributed by atoms with Crippen LogP contribution in [0.1, 0.15) is 55.7 Å². The van der Waals surface area contributed by atoms with Crippen molar-refractivity contribution in [3.05, 3.63) is 23.3 Å². The minimum atomic E-state index is -0.245. The summed E-state index contributed by atoms with van der Waals surface area (Å²) >= 11 is 0. The lowest BCUT2D eigenvalue weighted by molar-refractivity contribution is -0.136. The largest absolute Gasteiger partial charge is 0.345 e. The summed E-state index contributed by atoms with van der Waals surface area (Å²) in [6.07, 6.45) is 5.79. The highest BCUT2D eigenvalue weighted by molar-refractivity contribution is 5.89. The molecule has 3 aliphatic rings. The molecule has 2 fully saturated rings. The highest BCUT2D eigenvalue weighted by Crippen LogP contribution is 2.30. The molecule has 0 bridgehead atoms. The van der Waals surface area contributed by atoms with Crippen molar-refractivity contribution in [2.24, 2.45) is 5.92 Å². The molecule has 0 aromatic carbocycles. The van der Waals surface area contributed by atoms with E-state index >= 15 is 0 Å². The number of amides is 3. The molecular formula is C20H27N5O3. The topological polar surface area (TPSA) is 86.7 Å². The zero-order valence-corrected chi connectivity index (χ0v) is 16.6. The molecule has 3 amide bonds. The van der Waals surface area contributed by atoms with Crippen molar-refractivity contribution in [2.45, 2.75) is 51.6 Å². The SMILES string of the molecule is CC(=O)N1CCCC[C@H]1c1ncc2c(n1)CCN(C(=O)[C@@H]1CC(=O)N(C)C1)C2. The highest BCUT2D eigenvalue weighted by atomic mass is 16.2. The first-order valence-corrected chi connectivity index (χ1v) is 10.1. The Bertz CT molecular complexity index is 811. The molecule has 0 aliphatic carbocycles. The van der Waals surface area contributed by atoms with Crippen molar-refractivity contribution in [3.8, 4) is 0 Å². The van der Waals surface area contributed by atoms with Crippen LogP contribution in [-0.2, 0) is 27.3 Å². The van der Waals surface area contributed by atoms with Crippen molar-refractivity contribution in [2.75, 3.05) is 26.7 Å². The van der Waals surface area contributed by atoms with Gasteiger partial charge in [-0.2, -0.15) is 0 Å². The molecule has 0 N–H and O–H groups in total. The molecule has 28 heavy (non-hydrogen) atoms. The van der Waals surface area contributed by atoms with E-state index in [0.717, 1.165) is 42.9 Å².